The highest BCUT2D eigenvalue weighted by molar-refractivity contribution is 5.95. The first-order valence-corrected chi connectivity index (χ1v) is 16.6. The molecule has 2 aromatic heterocycles. The van der Waals surface area contributed by atoms with Crippen molar-refractivity contribution in [2.24, 2.45) is 5.92 Å². The maximum absolute atomic E-state index is 14.0. The Kier molecular flexibility index (Phi) is 11.1. The largest absolute Gasteiger partial charge is 0.480 e. The number of H-pyrrole nitrogens is 1. The Balaban J connectivity index is 1.41. The molecule has 254 valence electrons. The topological polar surface area (TPSA) is 166 Å². The number of nitrogens with one attached hydrogen (secondary N) is 4. The average molecular weight is 657 g/mol. The van der Waals surface area contributed by atoms with Gasteiger partial charge in [0.05, 0.1) is 5.52 Å². The first kappa shape index (κ1) is 34.2. The molecule has 1 saturated heterocycles. The average Bonchev–Trinajstić information content (AvgIpc) is 3.51. The summed E-state index contributed by atoms with van der Waals surface area (Å²) >= 11 is 0. The summed E-state index contributed by atoms with van der Waals surface area (Å²) < 4.78 is 1.40. The minimum atomic E-state index is -1.29. The van der Waals surface area contributed by atoms with E-state index >= 15 is 0 Å². The van der Waals surface area contributed by atoms with Crippen molar-refractivity contribution in [3.63, 3.8) is 0 Å². The smallest absolute Gasteiger partial charge is 0.326 e. The predicted octanol–water partition coefficient (Wildman–Crippen LogP) is 4.00. The van der Waals surface area contributed by atoms with Gasteiger partial charge < -0.3 is 30.9 Å². The molecular weight excluding hydrogens is 612 g/mol. The molecule has 12 heteroatoms. The van der Waals surface area contributed by atoms with Crippen molar-refractivity contribution in [3.05, 3.63) is 72.1 Å². The first-order chi connectivity index (χ1) is 23.1. The van der Waals surface area contributed by atoms with Gasteiger partial charge in [-0.3, -0.25) is 19.0 Å². The molecule has 5 rings (SSSR count). The number of aromatic amines is 1. The van der Waals surface area contributed by atoms with Gasteiger partial charge in [-0.15, -0.1) is 0 Å². The molecule has 3 atom stereocenters. The number of aliphatic carboxylic acids is 1. The number of nitrogens with zero attached hydrogens (tertiary/aromatic N) is 2. The van der Waals surface area contributed by atoms with Crippen LogP contribution in [0.4, 0.5) is 4.79 Å². The van der Waals surface area contributed by atoms with Gasteiger partial charge in [-0.2, -0.15) is 0 Å². The van der Waals surface area contributed by atoms with Gasteiger partial charge in [0.25, 0.3) is 0 Å². The van der Waals surface area contributed by atoms with Crippen LogP contribution in [0.5, 0.6) is 0 Å². The Labute approximate surface area is 279 Å². The molecule has 1 fully saturated rings. The Bertz CT molecular complexity index is 1770. The molecule has 5 N–H and O–H groups in total. The molecule has 12 nitrogen and oxygen atoms in total. The van der Waals surface area contributed by atoms with Gasteiger partial charge in [-0.05, 0) is 48.4 Å². The van der Waals surface area contributed by atoms with Crippen LogP contribution in [0.2, 0.25) is 0 Å². The molecule has 0 aliphatic carbocycles. The second kappa shape index (κ2) is 15.6. The van der Waals surface area contributed by atoms with Gasteiger partial charge in [-0.1, -0.05) is 63.1 Å². The van der Waals surface area contributed by atoms with E-state index in [4.69, 9.17) is 0 Å². The third-order valence-electron chi connectivity index (χ3n) is 8.92. The summed E-state index contributed by atoms with van der Waals surface area (Å²) in [6.45, 7) is 5.11. The van der Waals surface area contributed by atoms with Crippen molar-refractivity contribution in [3.8, 4) is 0 Å². The molecule has 0 spiro atoms. The number of likely N-dealkylation sites (tertiary alicyclic amines) is 1. The molecule has 4 aromatic rings. The molecule has 1 aliphatic heterocycles. The first-order valence-electron chi connectivity index (χ1n) is 16.6. The van der Waals surface area contributed by atoms with Gasteiger partial charge in [0.2, 0.25) is 18.2 Å². The lowest BCUT2D eigenvalue weighted by Crippen LogP contribution is -2.58. The molecule has 3 heterocycles. The molecule has 3 unspecified atom stereocenters. The van der Waals surface area contributed by atoms with Crippen molar-refractivity contribution in [2.75, 3.05) is 13.1 Å². The second-order valence-corrected chi connectivity index (χ2v) is 12.9. The Morgan fingerprint density at radius 3 is 2.12 bits per heavy atom. The van der Waals surface area contributed by atoms with Crippen molar-refractivity contribution < 1.29 is 29.1 Å². The predicted molar refractivity (Wildman–Crippen MR) is 183 cm³/mol. The van der Waals surface area contributed by atoms with E-state index in [-0.39, 0.29) is 24.8 Å². The highest BCUT2D eigenvalue weighted by Crippen LogP contribution is 2.23. The zero-order chi connectivity index (χ0) is 34.2. The van der Waals surface area contributed by atoms with Crippen LogP contribution in [0.1, 0.15) is 57.1 Å². The zero-order valence-electron chi connectivity index (χ0n) is 27.4. The molecule has 0 radical (unpaired) electrons. The highest BCUT2D eigenvalue weighted by Gasteiger charge is 2.32. The SMILES string of the molecule is CC(C)CC(NC(=O)N1CCCCCC1)C(=O)NC(Cc1cn(C=O)c2ccccc12)C(=O)NC(Cc1c[nH]c2ccccc12)C(=O)O. The minimum absolute atomic E-state index is 0.0120. The molecule has 0 bridgehead atoms. The molecule has 1 aliphatic rings. The van der Waals surface area contributed by atoms with E-state index in [0.717, 1.165) is 47.5 Å². The molecule has 2 aromatic carbocycles. The molecular formula is C36H44N6O6. The van der Waals surface area contributed by atoms with Crippen LogP contribution in [0, 0.1) is 5.92 Å². The number of hydrogen-bond acceptors (Lipinski definition) is 5. The van der Waals surface area contributed by atoms with E-state index in [1.165, 1.54) is 4.57 Å². The van der Waals surface area contributed by atoms with Crippen LogP contribution in [0.25, 0.3) is 21.8 Å². The third-order valence-corrected chi connectivity index (χ3v) is 8.92. The van der Waals surface area contributed by atoms with Gasteiger partial charge >= 0.3 is 12.0 Å². The van der Waals surface area contributed by atoms with Crippen LogP contribution in [0.3, 0.4) is 0 Å². The van der Waals surface area contributed by atoms with Crippen LogP contribution in [-0.2, 0) is 32.0 Å². The summed E-state index contributed by atoms with van der Waals surface area (Å²) in [4.78, 5) is 70.3. The van der Waals surface area contributed by atoms with E-state index in [1.807, 2.05) is 50.2 Å². The molecule has 4 amide bonds. The third kappa shape index (κ3) is 8.23. The Morgan fingerprint density at radius 1 is 0.812 bits per heavy atom. The number of fused-ring (bicyclic) bond motifs is 2. The normalized spacial score (nSPS) is 15.4. The highest BCUT2D eigenvalue weighted by atomic mass is 16.4. The number of hydrogen-bond donors (Lipinski definition) is 5. The molecule has 48 heavy (non-hydrogen) atoms. The van der Waals surface area contributed by atoms with Crippen LogP contribution >= 0.6 is 0 Å². The van der Waals surface area contributed by atoms with Crippen molar-refractivity contribution in [1.82, 2.24) is 30.4 Å². The lowest BCUT2D eigenvalue weighted by molar-refractivity contribution is -0.142. The van der Waals surface area contributed by atoms with Crippen LogP contribution in [0.15, 0.2) is 60.9 Å². The number of rotatable bonds is 13. The summed E-state index contributed by atoms with van der Waals surface area (Å²) in [7, 11) is 0. The number of aromatic nitrogens is 2. The van der Waals surface area contributed by atoms with E-state index in [1.54, 1.807) is 29.4 Å². The summed E-state index contributed by atoms with van der Waals surface area (Å²) in [5.74, 6) is -2.41. The summed E-state index contributed by atoms with van der Waals surface area (Å²) in [6.07, 6.45) is 8.22. The van der Waals surface area contributed by atoms with Crippen LogP contribution in [-0.4, -0.2) is 81.0 Å². The summed E-state index contributed by atoms with van der Waals surface area (Å²) in [5.41, 5.74) is 2.83. The van der Waals surface area contributed by atoms with Gasteiger partial charge in [-0.25, -0.2) is 9.59 Å². The van der Waals surface area contributed by atoms with E-state index in [2.05, 4.69) is 20.9 Å². The lowest BCUT2D eigenvalue weighted by Gasteiger charge is -2.28. The van der Waals surface area contributed by atoms with E-state index < -0.39 is 35.9 Å². The van der Waals surface area contributed by atoms with Gasteiger partial charge in [0.15, 0.2) is 0 Å². The fourth-order valence-corrected chi connectivity index (χ4v) is 6.44. The summed E-state index contributed by atoms with van der Waals surface area (Å²) in [6, 6.07) is 10.9. The summed E-state index contributed by atoms with van der Waals surface area (Å²) in [5, 5.41) is 20.1. The Morgan fingerprint density at radius 2 is 1.44 bits per heavy atom. The maximum Gasteiger partial charge on any atom is 0.326 e. The number of para-hydroxylation sites is 2. The van der Waals surface area contributed by atoms with Gasteiger partial charge in [0, 0.05) is 54.6 Å². The minimum Gasteiger partial charge on any atom is -0.480 e. The number of carbonyl (C=O) groups is 5. The number of carbonyl (C=O) groups excluding carboxylic acids is 4. The number of benzene rings is 2. The van der Waals surface area contributed by atoms with Gasteiger partial charge in [0.1, 0.15) is 18.1 Å². The van der Waals surface area contributed by atoms with Crippen molar-refractivity contribution in [2.45, 2.75) is 76.9 Å². The number of amides is 4. The fraction of sp³-hybridized carbons (Fsp3) is 0.417. The number of urea groups is 1. The maximum atomic E-state index is 14.0. The fourth-order valence-electron chi connectivity index (χ4n) is 6.44. The standard InChI is InChI=1S/C36H44N6O6/c1-23(2)17-29(40-36(48)41-15-9-3-4-10-16-41)33(44)38-30(19-25-21-42(22-43)32-14-8-6-12-27(25)32)34(45)39-31(35(46)47)18-24-20-37-28-13-7-5-11-26(24)28/h5-8,11-14,20-23,29-31,37H,3-4,9-10,15-19H2,1-2H3,(H,38,44)(H,39,45)(H,40,48)(H,46,47). The zero-order valence-corrected chi connectivity index (χ0v) is 27.4. The van der Waals surface area contributed by atoms with Crippen LogP contribution < -0.4 is 16.0 Å². The van der Waals surface area contributed by atoms with Crippen molar-refractivity contribution in [1.29, 1.82) is 0 Å². The number of carboxylic acid groups (broad SMARTS) is 1. The molecule has 0 saturated carbocycles. The quantitative estimate of drug-likeness (QED) is 0.137. The van der Waals surface area contributed by atoms with E-state index in [9.17, 15) is 29.1 Å². The second-order valence-electron chi connectivity index (χ2n) is 12.9. The van der Waals surface area contributed by atoms with E-state index in [0.29, 0.717) is 37.0 Å². The lowest BCUT2D eigenvalue weighted by atomic mass is 10.00. The van der Waals surface area contributed by atoms with Crippen molar-refractivity contribution >= 4 is 52.0 Å². The Hall–Kier alpha value is -5.13. The monoisotopic (exact) mass is 656 g/mol. The number of carboxylic acids is 1.